The van der Waals surface area contributed by atoms with Gasteiger partial charge in [0.15, 0.2) is 0 Å². The van der Waals surface area contributed by atoms with Gasteiger partial charge < -0.3 is 5.73 Å². The zero-order valence-electron chi connectivity index (χ0n) is 6.49. The lowest BCUT2D eigenvalue weighted by Gasteiger charge is -2.07. The lowest BCUT2D eigenvalue weighted by atomic mass is 10.2. The molecule has 3 N–H and O–H groups in total. The third kappa shape index (κ3) is 4.74. The molecular weight excluding hydrogens is 168 g/mol. The molecule has 0 bridgehead atoms. The van der Waals surface area contributed by atoms with Crippen molar-refractivity contribution in [3.63, 3.8) is 0 Å². The summed E-state index contributed by atoms with van der Waals surface area (Å²) in [4.78, 5) is 10.8. The molecule has 1 atom stereocenters. The van der Waals surface area contributed by atoms with E-state index in [4.69, 9.17) is 5.73 Å². The van der Waals surface area contributed by atoms with Crippen LogP contribution in [0.5, 0.6) is 0 Å². The van der Waals surface area contributed by atoms with Crippen LogP contribution in [0.3, 0.4) is 0 Å². The Labute approximate surface area is 66.0 Å². The SMILES string of the molecule is CC[C@@H](N)C(=O)NS(C)(=O)=O. The summed E-state index contributed by atoms with van der Waals surface area (Å²) in [5.74, 6) is -0.657. The summed E-state index contributed by atoms with van der Waals surface area (Å²) in [5, 5.41) is 0. The van der Waals surface area contributed by atoms with Crippen molar-refractivity contribution in [3.05, 3.63) is 0 Å². The van der Waals surface area contributed by atoms with Crippen LogP contribution in [-0.2, 0) is 14.8 Å². The first-order valence-electron chi connectivity index (χ1n) is 3.14. The van der Waals surface area contributed by atoms with Crippen molar-refractivity contribution in [1.29, 1.82) is 0 Å². The second-order valence-electron chi connectivity index (χ2n) is 2.25. The van der Waals surface area contributed by atoms with Gasteiger partial charge in [0.25, 0.3) is 0 Å². The molecule has 11 heavy (non-hydrogen) atoms. The third-order valence-corrected chi connectivity index (χ3v) is 1.63. The minimum atomic E-state index is -3.46. The molecule has 0 aromatic rings. The van der Waals surface area contributed by atoms with E-state index in [0.29, 0.717) is 6.42 Å². The summed E-state index contributed by atoms with van der Waals surface area (Å²) in [6.45, 7) is 1.70. The number of carbonyl (C=O) groups is 1. The smallest absolute Gasteiger partial charge is 0.250 e. The van der Waals surface area contributed by atoms with Crippen molar-refractivity contribution in [2.45, 2.75) is 19.4 Å². The van der Waals surface area contributed by atoms with Gasteiger partial charge >= 0.3 is 0 Å². The topological polar surface area (TPSA) is 89.3 Å². The largest absolute Gasteiger partial charge is 0.320 e. The van der Waals surface area contributed by atoms with Crippen molar-refractivity contribution in [2.75, 3.05) is 6.26 Å². The Hall–Kier alpha value is -0.620. The molecule has 0 aliphatic carbocycles. The number of carbonyl (C=O) groups excluding carboxylic acids is 1. The Balaban J connectivity index is 4.10. The van der Waals surface area contributed by atoms with E-state index in [1.54, 1.807) is 11.6 Å². The van der Waals surface area contributed by atoms with E-state index in [1.165, 1.54) is 0 Å². The molecule has 0 aromatic carbocycles. The number of hydrogen-bond acceptors (Lipinski definition) is 4. The fourth-order valence-electron chi connectivity index (χ4n) is 0.444. The van der Waals surface area contributed by atoms with E-state index >= 15 is 0 Å². The van der Waals surface area contributed by atoms with Gasteiger partial charge in [0.2, 0.25) is 15.9 Å². The predicted molar refractivity (Wildman–Crippen MR) is 41.3 cm³/mol. The number of amides is 1. The maximum absolute atomic E-state index is 10.8. The Morgan fingerprint density at radius 3 is 2.36 bits per heavy atom. The Morgan fingerprint density at radius 1 is 1.64 bits per heavy atom. The average molecular weight is 180 g/mol. The van der Waals surface area contributed by atoms with Crippen molar-refractivity contribution in [2.24, 2.45) is 5.73 Å². The molecule has 0 spiro atoms. The van der Waals surface area contributed by atoms with Crippen molar-refractivity contribution >= 4 is 15.9 Å². The highest BCUT2D eigenvalue weighted by molar-refractivity contribution is 7.89. The molecule has 0 rings (SSSR count). The van der Waals surface area contributed by atoms with Crippen LogP contribution in [0.25, 0.3) is 0 Å². The number of rotatable bonds is 3. The van der Waals surface area contributed by atoms with Crippen molar-refractivity contribution < 1.29 is 13.2 Å². The summed E-state index contributed by atoms with van der Waals surface area (Å²) in [7, 11) is -3.46. The van der Waals surface area contributed by atoms with Crippen LogP contribution in [0, 0.1) is 0 Å². The average Bonchev–Trinajstić information content (AvgIpc) is 1.82. The monoisotopic (exact) mass is 180 g/mol. The predicted octanol–water partition coefficient (Wildman–Crippen LogP) is -1.20. The second kappa shape index (κ2) is 3.68. The van der Waals surface area contributed by atoms with E-state index in [0.717, 1.165) is 6.26 Å². The molecule has 1 amide bonds. The molecule has 0 unspecified atom stereocenters. The van der Waals surface area contributed by atoms with E-state index in [-0.39, 0.29) is 0 Å². The standard InChI is InChI=1S/C5H12N2O3S/c1-3-4(6)5(8)7-11(2,9)10/h4H,3,6H2,1-2H3,(H,7,8)/t4-/m1/s1. The van der Waals surface area contributed by atoms with Crippen LogP contribution in [-0.4, -0.2) is 26.6 Å². The highest BCUT2D eigenvalue weighted by Crippen LogP contribution is 1.86. The number of sulfonamides is 1. The highest BCUT2D eigenvalue weighted by Gasteiger charge is 2.14. The lowest BCUT2D eigenvalue weighted by Crippen LogP contribution is -2.42. The number of nitrogens with two attached hydrogens (primary N) is 1. The van der Waals surface area contributed by atoms with Crippen LogP contribution >= 0.6 is 0 Å². The van der Waals surface area contributed by atoms with Crippen molar-refractivity contribution in [1.82, 2.24) is 4.72 Å². The molecule has 0 saturated carbocycles. The van der Waals surface area contributed by atoms with Gasteiger partial charge in [0, 0.05) is 0 Å². The molecule has 0 heterocycles. The minimum absolute atomic E-state index is 0.418. The number of nitrogens with one attached hydrogen (secondary N) is 1. The van der Waals surface area contributed by atoms with Crippen LogP contribution in [0.4, 0.5) is 0 Å². The van der Waals surface area contributed by atoms with Crippen LogP contribution in [0.15, 0.2) is 0 Å². The maximum atomic E-state index is 10.8. The fraction of sp³-hybridized carbons (Fsp3) is 0.800. The van der Waals surface area contributed by atoms with Gasteiger partial charge in [0.05, 0.1) is 12.3 Å². The summed E-state index contributed by atoms with van der Waals surface area (Å²) < 4.78 is 22.7. The molecule has 0 saturated heterocycles. The first-order valence-corrected chi connectivity index (χ1v) is 5.03. The number of hydrogen-bond donors (Lipinski definition) is 2. The van der Waals surface area contributed by atoms with Crippen LogP contribution < -0.4 is 10.5 Å². The molecule has 0 aliphatic rings. The van der Waals surface area contributed by atoms with Gasteiger partial charge in [-0.3, -0.25) is 9.52 Å². The second-order valence-corrected chi connectivity index (χ2v) is 4.00. The summed E-state index contributed by atoms with van der Waals surface area (Å²) in [6.07, 6.45) is 1.33. The molecular formula is C5H12N2O3S. The van der Waals surface area contributed by atoms with Gasteiger partial charge in [-0.2, -0.15) is 0 Å². The van der Waals surface area contributed by atoms with E-state index < -0.39 is 22.0 Å². The Kier molecular flexibility index (Phi) is 3.47. The summed E-state index contributed by atoms with van der Waals surface area (Å²) >= 11 is 0. The van der Waals surface area contributed by atoms with Gasteiger partial charge in [-0.25, -0.2) is 8.42 Å². The molecule has 0 aromatic heterocycles. The minimum Gasteiger partial charge on any atom is -0.320 e. The fourth-order valence-corrected chi connectivity index (χ4v) is 0.961. The Bertz CT molecular complexity index is 234. The highest BCUT2D eigenvalue weighted by atomic mass is 32.2. The van der Waals surface area contributed by atoms with Crippen molar-refractivity contribution in [3.8, 4) is 0 Å². The van der Waals surface area contributed by atoms with E-state index in [1.807, 2.05) is 0 Å². The van der Waals surface area contributed by atoms with Gasteiger partial charge in [0.1, 0.15) is 0 Å². The zero-order valence-corrected chi connectivity index (χ0v) is 7.31. The molecule has 0 aliphatic heterocycles. The molecule has 66 valence electrons. The van der Waals surface area contributed by atoms with Gasteiger partial charge in [-0.15, -0.1) is 0 Å². The molecule has 6 heteroatoms. The molecule has 0 fully saturated rings. The zero-order chi connectivity index (χ0) is 9.07. The van der Waals surface area contributed by atoms with Crippen LogP contribution in [0.1, 0.15) is 13.3 Å². The first-order chi connectivity index (χ1) is 4.87. The molecule has 5 nitrogen and oxygen atoms in total. The normalized spacial score (nSPS) is 14.1. The third-order valence-electron chi connectivity index (χ3n) is 1.06. The van der Waals surface area contributed by atoms with Gasteiger partial charge in [-0.05, 0) is 6.42 Å². The quantitative estimate of drug-likeness (QED) is 0.571. The van der Waals surface area contributed by atoms with E-state index in [2.05, 4.69) is 0 Å². The summed E-state index contributed by atoms with van der Waals surface area (Å²) in [6, 6.07) is -0.746. The van der Waals surface area contributed by atoms with Gasteiger partial charge in [-0.1, -0.05) is 6.92 Å². The van der Waals surface area contributed by atoms with Crippen LogP contribution in [0.2, 0.25) is 0 Å². The van der Waals surface area contributed by atoms with E-state index in [9.17, 15) is 13.2 Å². The lowest BCUT2D eigenvalue weighted by molar-refractivity contribution is -0.120. The summed E-state index contributed by atoms with van der Waals surface area (Å²) in [5.41, 5.74) is 5.25. The molecule has 0 radical (unpaired) electrons. The maximum Gasteiger partial charge on any atom is 0.250 e. The Morgan fingerprint density at radius 2 is 2.09 bits per heavy atom. The first kappa shape index (κ1) is 10.4.